The lowest BCUT2D eigenvalue weighted by Crippen LogP contribution is -1.98. The van der Waals surface area contributed by atoms with Gasteiger partial charge in [0.05, 0.1) is 5.69 Å². The van der Waals surface area contributed by atoms with Gasteiger partial charge in [0.1, 0.15) is 0 Å². The number of nitrogens with one attached hydrogen (secondary N) is 2. The Morgan fingerprint density at radius 2 is 2.24 bits per heavy atom. The number of nitrogens with two attached hydrogens (primary N) is 1. The number of nitrogen functional groups attached to an aromatic ring is 1. The Kier molecular flexibility index (Phi) is 2.33. The molecule has 0 atom stereocenters. The molecule has 4 heteroatoms. The Labute approximate surface area is 99.9 Å². The van der Waals surface area contributed by atoms with Crippen molar-refractivity contribution in [3.63, 3.8) is 0 Å². The van der Waals surface area contributed by atoms with Gasteiger partial charge in [0.2, 0.25) is 0 Å². The number of anilines is 4. The van der Waals surface area contributed by atoms with Crippen LogP contribution in [0.5, 0.6) is 0 Å². The standard InChI is InChI=1S/C13H14N4/c14-11-2-1-6-16-13(11)17-10-3-4-12-9(8-10)5-7-15-12/h1-4,6,8,15H,5,7,14H2,(H,16,17). The van der Waals surface area contributed by atoms with E-state index >= 15 is 0 Å². The minimum atomic E-state index is 0.658. The van der Waals surface area contributed by atoms with E-state index in [0.29, 0.717) is 11.5 Å². The maximum atomic E-state index is 5.84. The SMILES string of the molecule is Nc1cccnc1Nc1ccc2c(c1)CCN2. The molecule has 0 saturated carbocycles. The number of nitrogens with zero attached hydrogens (tertiary/aromatic N) is 1. The van der Waals surface area contributed by atoms with Gasteiger partial charge in [0.15, 0.2) is 5.82 Å². The zero-order valence-electron chi connectivity index (χ0n) is 9.40. The van der Waals surface area contributed by atoms with Crippen LogP contribution >= 0.6 is 0 Å². The van der Waals surface area contributed by atoms with Crippen LogP contribution in [0.1, 0.15) is 5.56 Å². The van der Waals surface area contributed by atoms with E-state index in [1.54, 1.807) is 6.20 Å². The maximum absolute atomic E-state index is 5.84. The number of rotatable bonds is 2. The summed E-state index contributed by atoms with van der Waals surface area (Å²) in [7, 11) is 0. The van der Waals surface area contributed by atoms with Crippen LogP contribution in [0, 0.1) is 0 Å². The van der Waals surface area contributed by atoms with Crippen molar-refractivity contribution in [2.75, 3.05) is 22.9 Å². The predicted octanol–water partition coefficient (Wildman–Crippen LogP) is 2.38. The first-order valence-corrected chi connectivity index (χ1v) is 5.67. The fourth-order valence-corrected chi connectivity index (χ4v) is 2.04. The van der Waals surface area contributed by atoms with Crippen molar-refractivity contribution >= 4 is 22.9 Å². The van der Waals surface area contributed by atoms with E-state index in [9.17, 15) is 0 Å². The van der Waals surface area contributed by atoms with Gasteiger partial charge in [-0.05, 0) is 42.3 Å². The molecule has 86 valence electrons. The molecule has 0 unspecified atom stereocenters. The lowest BCUT2D eigenvalue weighted by molar-refractivity contribution is 1.11. The molecule has 1 aromatic carbocycles. The zero-order valence-corrected chi connectivity index (χ0v) is 9.40. The Bertz CT molecular complexity index is 551. The topological polar surface area (TPSA) is 63.0 Å². The summed E-state index contributed by atoms with van der Waals surface area (Å²) in [6.45, 7) is 1.02. The average Bonchev–Trinajstić information content (AvgIpc) is 2.79. The number of hydrogen-bond donors (Lipinski definition) is 3. The Hall–Kier alpha value is -2.23. The molecule has 2 aromatic rings. The minimum absolute atomic E-state index is 0.658. The fourth-order valence-electron chi connectivity index (χ4n) is 2.04. The lowest BCUT2D eigenvalue weighted by Gasteiger charge is -2.09. The Balaban J connectivity index is 1.89. The van der Waals surface area contributed by atoms with Crippen molar-refractivity contribution in [3.05, 3.63) is 42.1 Å². The molecule has 1 aromatic heterocycles. The molecule has 4 N–H and O–H groups in total. The molecule has 0 radical (unpaired) electrons. The summed E-state index contributed by atoms with van der Waals surface area (Å²) in [5.41, 5.74) is 10.1. The van der Waals surface area contributed by atoms with Crippen LogP contribution in [0.3, 0.4) is 0 Å². The maximum Gasteiger partial charge on any atom is 0.153 e. The molecule has 0 spiro atoms. The second-order valence-electron chi connectivity index (χ2n) is 4.11. The molecule has 0 bridgehead atoms. The normalized spacial score (nSPS) is 12.9. The average molecular weight is 226 g/mol. The van der Waals surface area contributed by atoms with Crippen LogP contribution < -0.4 is 16.4 Å². The minimum Gasteiger partial charge on any atom is -0.396 e. The molecule has 2 heterocycles. The number of aromatic nitrogens is 1. The summed E-state index contributed by atoms with van der Waals surface area (Å²) in [6, 6.07) is 9.93. The third-order valence-electron chi connectivity index (χ3n) is 2.92. The van der Waals surface area contributed by atoms with Crippen LogP contribution in [0.2, 0.25) is 0 Å². The molecule has 17 heavy (non-hydrogen) atoms. The van der Waals surface area contributed by atoms with Crippen LogP contribution in [0.15, 0.2) is 36.5 Å². The fraction of sp³-hybridized carbons (Fsp3) is 0.154. The van der Waals surface area contributed by atoms with E-state index in [1.807, 2.05) is 18.2 Å². The molecular formula is C13H14N4. The summed E-state index contributed by atoms with van der Waals surface area (Å²) in [4.78, 5) is 4.22. The first-order valence-electron chi connectivity index (χ1n) is 5.67. The van der Waals surface area contributed by atoms with Gasteiger partial charge in [0.25, 0.3) is 0 Å². The van der Waals surface area contributed by atoms with Gasteiger partial charge in [-0.25, -0.2) is 4.98 Å². The highest BCUT2D eigenvalue weighted by atomic mass is 15.0. The number of fused-ring (bicyclic) bond motifs is 1. The van der Waals surface area contributed by atoms with Gasteiger partial charge >= 0.3 is 0 Å². The Morgan fingerprint density at radius 1 is 1.29 bits per heavy atom. The van der Waals surface area contributed by atoms with Crippen molar-refractivity contribution in [2.24, 2.45) is 0 Å². The van der Waals surface area contributed by atoms with E-state index in [-0.39, 0.29) is 0 Å². The smallest absolute Gasteiger partial charge is 0.153 e. The highest BCUT2D eigenvalue weighted by molar-refractivity contribution is 5.71. The molecule has 0 amide bonds. The number of benzene rings is 1. The van der Waals surface area contributed by atoms with Gasteiger partial charge in [-0.2, -0.15) is 0 Å². The molecule has 3 rings (SSSR count). The summed E-state index contributed by atoms with van der Waals surface area (Å²) < 4.78 is 0. The molecule has 0 saturated heterocycles. The van der Waals surface area contributed by atoms with E-state index in [1.165, 1.54) is 11.3 Å². The van der Waals surface area contributed by atoms with Gasteiger partial charge in [0, 0.05) is 24.1 Å². The quantitative estimate of drug-likeness (QED) is 0.735. The second-order valence-corrected chi connectivity index (χ2v) is 4.11. The zero-order chi connectivity index (χ0) is 11.7. The molecule has 0 fully saturated rings. The summed E-state index contributed by atoms with van der Waals surface area (Å²) in [5, 5.41) is 6.57. The molecule has 1 aliphatic rings. The van der Waals surface area contributed by atoms with Crippen LogP contribution in [0.25, 0.3) is 0 Å². The van der Waals surface area contributed by atoms with Crippen LogP contribution in [-0.2, 0) is 6.42 Å². The third-order valence-corrected chi connectivity index (χ3v) is 2.92. The lowest BCUT2D eigenvalue weighted by atomic mass is 10.1. The molecule has 0 aliphatic carbocycles. The van der Waals surface area contributed by atoms with Crippen molar-refractivity contribution in [1.29, 1.82) is 0 Å². The van der Waals surface area contributed by atoms with E-state index in [0.717, 1.165) is 18.7 Å². The van der Waals surface area contributed by atoms with Gasteiger partial charge in [-0.15, -0.1) is 0 Å². The van der Waals surface area contributed by atoms with Crippen molar-refractivity contribution in [2.45, 2.75) is 6.42 Å². The van der Waals surface area contributed by atoms with E-state index < -0.39 is 0 Å². The second kappa shape index (κ2) is 3.97. The molecule has 4 nitrogen and oxygen atoms in total. The van der Waals surface area contributed by atoms with Crippen molar-refractivity contribution in [3.8, 4) is 0 Å². The van der Waals surface area contributed by atoms with Gasteiger partial charge in [-0.1, -0.05) is 0 Å². The Morgan fingerprint density at radius 3 is 3.12 bits per heavy atom. The van der Waals surface area contributed by atoms with Gasteiger partial charge in [-0.3, -0.25) is 0 Å². The van der Waals surface area contributed by atoms with Crippen LogP contribution in [-0.4, -0.2) is 11.5 Å². The largest absolute Gasteiger partial charge is 0.396 e. The predicted molar refractivity (Wildman–Crippen MR) is 70.6 cm³/mol. The molecular weight excluding hydrogens is 212 g/mol. The van der Waals surface area contributed by atoms with Gasteiger partial charge < -0.3 is 16.4 Å². The summed E-state index contributed by atoms with van der Waals surface area (Å²) >= 11 is 0. The number of hydrogen-bond acceptors (Lipinski definition) is 4. The molecule has 1 aliphatic heterocycles. The van der Waals surface area contributed by atoms with E-state index in [2.05, 4.69) is 27.8 Å². The monoisotopic (exact) mass is 226 g/mol. The summed E-state index contributed by atoms with van der Waals surface area (Å²) in [6.07, 6.45) is 2.80. The third kappa shape index (κ3) is 1.89. The highest BCUT2D eigenvalue weighted by Crippen LogP contribution is 2.27. The van der Waals surface area contributed by atoms with Crippen molar-refractivity contribution in [1.82, 2.24) is 4.98 Å². The first-order chi connectivity index (χ1) is 8.33. The van der Waals surface area contributed by atoms with Crippen LogP contribution in [0.4, 0.5) is 22.9 Å². The number of pyridine rings is 1. The first kappa shape index (κ1) is 9.96. The highest BCUT2D eigenvalue weighted by Gasteiger charge is 2.10. The van der Waals surface area contributed by atoms with Crippen molar-refractivity contribution < 1.29 is 0 Å². The summed E-state index contributed by atoms with van der Waals surface area (Å²) in [5.74, 6) is 0.707. The van der Waals surface area contributed by atoms with E-state index in [4.69, 9.17) is 5.73 Å².